The van der Waals surface area contributed by atoms with Gasteiger partial charge in [0.25, 0.3) is 10.0 Å². The van der Waals surface area contributed by atoms with E-state index in [1.165, 1.54) is 37.1 Å². The second-order valence-electron chi connectivity index (χ2n) is 5.89. The van der Waals surface area contributed by atoms with Crippen LogP contribution >= 0.6 is 22.9 Å². The summed E-state index contributed by atoms with van der Waals surface area (Å²) in [5.41, 5.74) is 3.10. The van der Waals surface area contributed by atoms with Crippen LogP contribution in [0.5, 0.6) is 5.75 Å². The van der Waals surface area contributed by atoms with E-state index in [-0.39, 0.29) is 20.6 Å². The van der Waals surface area contributed by atoms with Crippen molar-refractivity contribution in [3.05, 3.63) is 52.8 Å². The fourth-order valence-corrected chi connectivity index (χ4v) is 4.71. The molecule has 4 rings (SSSR count). The van der Waals surface area contributed by atoms with Crippen LogP contribution in [-0.2, 0) is 10.0 Å². The van der Waals surface area contributed by atoms with E-state index in [4.69, 9.17) is 16.3 Å². The van der Waals surface area contributed by atoms with Gasteiger partial charge in [-0.3, -0.25) is 4.72 Å². The highest BCUT2D eigenvalue weighted by Crippen LogP contribution is 2.37. The summed E-state index contributed by atoms with van der Waals surface area (Å²) in [4.78, 5) is 8.52. The number of sulfonamides is 1. The zero-order chi connectivity index (χ0) is 21.3. The van der Waals surface area contributed by atoms with Crippen LogP contribution in [0, 0.1) is 11.3 Å². The zero-order valence-electron chi connectivity index (χ0n) is 15.2. The molecule has 0 radical (unpaired) electrons. The number of hydrogen-bond acceptors (Lipinski definition) is 9. The topological polar surface area (TPSA) is 131 Å². The van der Waals surface area contributed by atoms with Crippen molar-refractivity contribution in [1.82, 2.24) is 20.2 Å². The molecule has 0 bridgehead atoms. The van der Waals surface area contributed by atoms with E-state index in [2.05, 4.69) is 24.9 Å². The average Bonchev–Trinajstić information content (AvgIpc) is 3.25. The van der Waals surface area contributed by atoms with Crippen molar-refractivity contribution in [3.8, 4) is 23.1 Å². The average molecular weight is 459 g/mol. The van der Waals surface area contributed by atoms with E-state index >= 15 is 0 Å². The predicted octanol–water partition coefficient (Wildman–Crippen LogP) is 3.48. The van der Waals surface area contributed by atoms with E-state index < -0.39 is 10.0 Å². The maximum Gasteiger partial charge on any atom is 0.263 e. The third-order valence-electron chi connectivity index (χ3n) is 4.16. The Morgan fingerprint density at radius 2 is 2.07 bits per heavy atom. The van der Waals surface area contributed by atoms with Gasteiger partial charge in [-0.05, 0) is 24.3 Å². The number of methoxy groups -OCH3 is 1. The molecule has 0 aliphatic carbocycles. The summed E-state index contributed by atoms with van der Waals surface area (Å²) < 4.78 is 33.0. The number of nitrogens with zero attached hydrogens (tertiary/aromatic N) is 5. The number of anilines is 1. The third kappa shape index (κ3) is 3.63. The standard InChI is InChI=1S/C18H11ClN6O3S2/c1-28-16-6-14(19)10(7-20)4-13(16)17-12-3-2-11(5-15(12)21-8-22-17)30(26,27)25-18-24-23-9-29-18/h2-6,8-9H,1H3,(H,24,25). The molecule has 0 unspecified atom stereocenters. The minimum absolute atomic E-state index is 0.00985. The van der Waals surface area contributed by atoms with Crippen LogP contribution in [0.2, 0.25) is 5.02 Å². The fraction of sp³-hybridized carbons (Fsp3) is 0.0556. The molecule has 9 nitrogen and oxygen atoms in total. The van der Waals surface area contributed by atoms with Gasteiger partial charge in [-0.15, -0.1) is 10.2 Å². The monoisotopic (exact) mass is 458 g/mol. The first-order valence-electron chi connectivity index (χ1n) is 8.24. The molecule has 0 fully saturated rings. The van der Waals surface area contributed by atoms with Crippen molar-refractivity contribution in [2.24, 2.45) is 0 Å². The molecule has 2 aromatic carbocycles. The normalized spacial score (nSPS) is 11.2. The fourth-order valence-electron chi connectivity index (χ4n) is 2.80. The summed E-state index contributed by atoms with van der Waals surface area (Å²) in [6, 6.07) is 9.60. The molecule has 2 aromatic heterocycles. The van der Waals surface area contributed by atoms with Gasteiger partial charge in [0, 0.05) is 17.0 Å². The van der Waals surface area contributed by atoms with E-state index in [0.29, 0.717) is 27.9 Å². The molecule has 0 spiro atoms. The van der Waals surface area contributed by atoms with Crippen LogP contribution in [0.25, 0.3) is 22.2 Å². The molecule has 2 heterocycles. The zero-order valence-corrected chi connectivity index (χ0v) is 17.6. The molecule has 0 aliphatic rings. The van der Waals surface area contributed by atoms with Gasteiger partial charge in [0.1, 0.15) is 23.7 Å². The van der Waals surface area contributed by atoms with Gasteiger partial charge in [-0.25, -0.2) is 18.4 Å². The Hall–Kier alpha value is -3.33. The quantitative estimate of drug-likeness (QED) is 0.480. The molecule has 0 aliphatic heterocycles. The lowest BCUT2D eigenvalue weighted by Crippen LogP contribution is -2.12. The molecule has 0 saturated carbocycles. The first kappa shape index (κ1) is 20.0. The molecular formula is C18H11ClN6O3S2. The maximum absolute atomic E-state index is 12.6. The Morgan fingerprint density at radius 3 is 2.77 bits per heavy atom. The minimum Gasteiger partial charge on any atom is -0.496 e. The Kier molecular flexibility index (Phi) is 5.21. The lowest BCUT2D eigenvalue weighted by molar-refractivity contribution is 0.416. The lowest BCUT2D eigenvalue weighted by atomic mass is 10.0. The largest absolute Gasteiger partial charge is 0.496 e. The molecule has 0 atom stereocenters. The number of rotatable bonds is 5. The van der Waals surface area contributed by atoms with Crippen molar-refractivity contribution in [2.45, 2.75) is 4.90 Å². The first-order chi connectivity index (χ1) is 14.4. The van der Waals surface area contributed by atoms with Gasteiger partial charge in [0.05, 0.1) is 33.8 Å². The van der Waals surface area contributed by atoms with Crippen molar-refractivity contribution in [2.75, 3.05) is 11.8 Å². The second kappa shape index (κ2) is 7.83. The second-order valence-corrected chi connectivity index (χ2v) is 8.82. The van der Waals surface area contributed by atoms with Gasteiger partial charge in [0.2, 0.25) is 5.13 Å². The summed E-state index contributed by atoms with van der Waals surface area (Å²) in [6.45, 7) is 0. The summed E-state index contributed by atoms with van der Waals surface area (Å²) in [6.07, 6.45) is 1.31. The number of nitrogens with one attached hydrogen (secondary N) is 1. The molecule has 4 aromatic rings. The molecule has 0 amide bonds. The SMILES string of the molecule is COc1cc(Cl)c(C#N)cc1-c1ncnc2cc(S(=O)(=O)Nc3nncs3)ccc12. The number of aromatic nitrogens is 4. The maximum atomic E-state index is 12.6. The predicted molar refractivity (Wildman–Crippen MR) is 112 cm³/mol. The van der Waals surface area contributed by atoms with Gasteiger partial charge < -0.3 is 4.74 Å². The summed E-state index contributed by atoms with van der Waals surface area (Å²) in [5.74, 6) is 0.425. The van der Waals surface area contributed by atoms with Crippen LogP contribution in [0.4, 0.5) is 5.13 Å². The van der Waals surface area contributed by atoms with Crippen LogP contribution in [-0.4, -0.2) is 35.7 Å². The van der Waals surface area contributed by atoms with Crippen LogP contribution in [0.1, 0.15) is 5.56 Å². The van der Waals surface area contributed by atoms with Gasteiger partial charge in [-0.2, -0.15) is 5.26 Å². The molecular weight excluding hydrogens is 448 g/mol. The number of hydrogen-bond donors (Lipinski definition) is 1. The lowest BCUT2D eigenvalue weighted by Gasteiger charge is -2.12. The Balaban J connectivity index is 1.85. The van der Waals surface area contributed by atoms with Crippen LogP contribution in [0.3, 0.4) is 0 Å². The highest BCUT2D eigenvalue weighted by atomic mass is 35.5. The van der Waals surface area contributed by atoms with Crippen molar-refractivity contribution < 1.29 is 13.2 Å². The molecule has 1 N–H and O–H groups in total. The van der Waals surface area contributed by atoms with Gasteiger partial charge >= 0.3 is 0 Å². The van der Waals surface area contributed by atoms with E-state index in [9.17, 15) is 13.7 Å². The number of ether oxygens (including phenoxy) is 1. The number of halogens is 1. The van der Waals surface area contributed by atoms with E-state index in [1.54, 1.807) is 12.1 Å². The third-order valence-corrected chi connectivity index (χ3v) is 6.55. The van der Waals surface area contributed by atoms with Gasteiger partial charge in [-0.1, -0.05) is 22.9 Å². The van der Waals surface area contributed by atoms with Crippen molar-refractivity contribution >= 4 is 49.0 Å². The van der Waals surface area contributed by atoms with Crippen LogP contribution in [0.15, 0.2) is 47.1 Å². The first-order valence-corrected chi connectivity index (χ1v) is 11.0. The molecule has 150 valence electrons. The molecule has 12 heteroatoms. The number of fused-ring (bicyclic) bond motifs is 1. The van der Waals surface area contributed by atoms with Crippen molar-refractivity contribution in [1.29, 1.82) is 5.26 Å². The number of benzene rings is 2. The number of nitriles is 1. The highest BCUT2D eigenvalue weighted by molar-refractivity contribution is 7.93. The summed E-state index contributed by atoms with van der Waals surface area (Å²) in [7, 11) is -2.39. The molecule has 30 heavy (non-hydrogen) atoms. The summed E-state index contributed by atoms with van der Waals surface area (Å²) >= 11 is 7.16. The smallest absolute Gasteiger partial charge is 0.263 e. The van der Waals surface area contributed by atoms with E-state index in [1.807, 2.05) is 6.07 Å². The van der Waals surface area contributed by atoms with Gasteiger partial charge in [0.15, 0.2) is 0 Å². The summed E-state index contributed by atoms with van der Waals surface area (Å²) in [5, 5.41) is 17.6. The Bertz CT molecular complexity index is 1400. The van der Waals surface area contributed by atoms with Crippen molar-refractivity contribution in [3.63, 3.8) is 0 Å². The van der Waals surface area contributed by atoms with E-state index in [0.717, 1.165) is 11.3 Å². The Labute approximate surface area is 180 Å². The Morgan fingerprint density at radius 1 is 1.23 bits per heavy atom. The van der Waals surface area contributed by atoms with Crippen LogP contribution < -0.4 is 9.46 Å². The molecule has 0 saturated heterocycles. The minimum atomic E-state index is -3.87. The highest BCUT2D eigenvalue weighted by Gasteiger charge is 2.19.